The third kappa shape index (κ3) is 2.57. The summed E-state index contributed by atoms with van der Waals surface area (Å²) < 4.78 is 1.23. The molecular weight excluding hydrogens is 262 g/mol. The lowest BCUT2D eigenvalue weighted by molar-refractivity contribution is -0.137. The Bertz CT molecular complexity index is 600. The molecule has 0 saturated carbocycles. The van der Waals surface area contributed by atoms with Crippen LogP contribution in [-0.2, 0) is 11.3 Å². The maximum absolute atomic E-state index is 11.5. The normalized spacial score (nSPS) is 10.4. The van der Waals surface area contributed by atoms with Crippen LogP contribution >= 0.6 is 22.9 Å². The second-order valence-corrected chi connectivity index (χ2v) is 4.63. The van der Waals surface area contributed by atoms with Gasteiger partial charge in [0.25, 0.3) is 0 Å². The van der Waals surface area contributed by atoms with Crippen LogP contribution in [0.1, 0.15) is 0 Å². The monoisotopic (exact) mass is 269 g/mol. The average Bonchev–Trinajstić information content (AvgIpc) is 2.61. The Morgan fingerprint density at radius 2 is 2.00 bits per heavy atom. The van der Waals surface area contributed by atoms with E-state index in [1.54, 1.807) is 29.6 Å². The van der Waals surface area contributed by atoms with Crippen LogP contribution in [0.3, 0.4) is 0 Å². The van der Waals surface area contributed by atoms with Crippen molar-refractivity contribution in [3.63, 3.8) is 0 Å². The van der Waals surface area contributed by atoms with Crippen LogP contribution in [0.25, 0.3) is 11.3 Å². The SMILES string of the molecule is O=C(O)Cn1c(-c2ccc(Cl)cc2)csc1=O. The van der Waals surface area contributed by atoms with E-state index in [-0.39, 0.29) is 11.4 Å². The van der Waals surface area contributed by atoms with E-state index in [0.29, 0.717) is 10.7 Å². The summed E-state index contributed by atoms with van der Waals surface area (Å²) >= 11 is 6.75. The van der Waals surface area contributed by atoms with Crippen LogP contribution in [0.5, 0.6) is 0 Å². The fourth-order valence-electron chi connectivity index (χ4n) is 1.46. The van der Waals surface area contributed by atoms with E-state index in [0.717, 1.165) is 16.9 Å². The molecule has 17 heavy (non-hydrogen) atoms. The number of aliphatic carboxylic acids is 1. The molecule has 0 aliphatic heterocycles. The van der Waals surface area contributed by atoms with Gasteiger partial charge >= 0.3 is 10.8 Å². The molecule has 0 aliphatic carbocycles. The van der Waals surface area contributed by atoms with Crippen LogP contribution in [-0.4, -0.2) is 15.6 Å². The molecule has 2 rings (SSSR count). The fourth-order valence-corrected chi connectivity index (χ4v) is 2.35. The van der Waals surface area contributed by atoms with Gasteiger partial charge in [-0.1, -0.05) is 35.1 Å². The largest absolute Gasteiger partial charge is 0.480 e. The second-order valence-electron chi connectivity index (χ2n) is 3.37. The van der Waals surface area contributed by atoms with E-state index in [1.165, 1.54) is 4.57 Å². The smallest absolute Gasteiger partial charge is 0.323 e. The predicted octanol–water partition coefficient (Wildman–Crippen LogP) is 2.31. The molecule has 0 fully saturated rings. The van der Waals surface area contributed by atoms with Crippen LogP contribution in [0.15, 0.2) is 34.4 Å². The maximum Gasteiger partial charge on any atom is 0.323 e. The number of nitrogens with zero attached hydrogens (tertiary/aromatic N) is 1. The molecule has 1 aromatic heterocycles. The van der Waals surface area contributed by atoms with Gasteiger partial charge in [-0.05, 0) is 17.7 Å². The highest BCUT2D eigenvalue weighted by Gasteiger charge is 2.11. The van der Waals surface area contributed by atoms with Gasteiger partial charge in [0.15, 0.2) is 0 Å². The first-order valence-corrected chi connectivity index (χ1v) is 6.00. The summed E-state index contributed by atoms with van der Waals surface area (Å²) in [6.45, 7) is -0.333. The zero-order valence-electron chi connectivity index (χ0n) is 8.59. The van der Waals surface area contributed by atoms with Crippen molar-refractivity contribution in [2.75, 3.05) is 0 Å². The number of benzene rings is 1. The third-order valence-corrected chi connectivity index (χ3v) is 3.23. The van der Waals surface area contributed by atoms with Crippen LogP contribution in [0.2, 0.25) is 5.02 Å². The highest BCUT2D eigenvalue weighted by molar-refractivity contribution is 7.07. The van der Waals surface area contributed by atoms with Gasteiger partial charge < -0.3 is 5.11 Å². The summed E-state index contributed by atoms with van der Waals surface area (Å²) in [4.78, 5) is 21.9. The molecule has 1 heterocycles. The number of halogens is 1. The number of carboxylic acid groups (broad SMARTS) is 1. The molecule has 6 heteroatoms. The zero-order chi connectivity index (χ0) is 12.4. The minimum absolute atomic E-state index is 0.280. The number of hydrogen-bond donors (Lipinski definition) is 1. The summed E-state index contributed by atoms with van der Waals surface area (Å²) in [5.74, 6) is -1.04. The molecule has 1 N–H and O–H groups in total. The lowest BCUT2D eigenvalue weighted by atomic mass is 10.2. The lowest BCUT2D eigenvalue weighted by Crippen LogP contribution is -2.19. The molecule has 0 radical (unpaired) electrons. The first-order chi connectivity index (χ1) is 8.08. The minimum atomic E-state index is -1.04. The van der Waals surface area contributed by atoms with Crippen LogP contribution < -0.4 is 4.87 Å². The molecule has 0 saturated heterocycles. The van der Waals surface area contributed by atoms with Crippen molar-refractivity contribution >= 4 is 28.9 Å². The van der Waals surface area contributed by atoms with Crippen molar-refractivity contribution in [3.8, 4) is 11.3 Å². The van der Waals surface area contributed by atoms with Gasteiger partial charge in [0.2, 0.25) is 0 Å². The van der Waals surface area contributed by atoms with Gasteiger partial charge in [0.1, 0.15) is 6.54 Å². The van der Waals surface area contributed by atoms with Gasteiger partial charge in [0.05, 0.1) is 5.69 Å². The highest BCUT2D eigenvalue weighted by atomic mass is 35.5. The number of rotatable bonds is 3. The second kappa shape index (κ2) is 4.73. The fraction of sp³-hybridized carbons (Fsp3) is 0.0909. The van der Waals surface area contributed by atoms with Crippen molar-refractivity contribution in [2.24, 2.45) is 0 Å². The van der Waals surface area contributed by atoms with Gasteiger partial charge in [-0.25, -0.2) is 0 Å². The van der Waals surface area contributed by atoms with Crippen molar-refractivity contribution in [1.29, 1.82) is 0 Å². The summed E-state index contributed by atoms with van der Waals surface area (Å²) in [7, 11) is 0. The Balaban J connectivity index is 2.48. The van der Waals surface area contributed by atoms with Gasteiger partial charge in [-0.15, -0.1) is 0 Å². The lowest BCUT2D eigenvalue weighted by Gasteiger charge is -2.04. The molecule has 1 aromatic carbocycles. The number of thiazole rings is 1. The summed E-state index contributed by atoms with van der Waals surface area (Å²) in [5.41, 5.74) is 1.37. The number of aromatic nitrogens is 1. The number of carbonyl (C=O) groups is 1. The summed E-state index contributed by atoms with van der Waals surface area (Å²) in [5, 5.41) is 11.0. The molecular formula is C11H8ClNO3S. The Morgan fingerprint density at radius 3 is 2.59 bits per heavy atom. The van der Waals surface area contributed by atoms with Crippen molar-refractivity contribution in [2.45, 2.75) is 6.54 Å². The van der Waals surface area contributed by atoms with Gasteiger partial charge in [-0.3, -0.25) is 14.2 Å². The van der Waals surface area contributed by atoms with Gasteiger partial charge in [-0.2, -0.15) is 0 Å². The Hall–Kier alpha value is -1.59. The van der Waals surface area contributed by atoms with E-state index >= 15 is 0 Å². The van der Waals surface area contributed by atoms with Crippen molar-refractivity contribution < 1.29 is 9.90 Å². The predicted molar refractivity (Wildman–Crippen MR) is 66.7 cm³/mol. The van der Waals surface area contributed by atoms with E-state index in [4.69, 9.17) is 16.7 Å². The standard InChI is InChI=1S/C11H8ClNO3S/c12-8-3-1-7(2-4-8)9-6-17-11(16)13(9)5-10(14)15/h1-4,6H,5H2,(H,14,15). The molecule has 0 atom stereocenters. The molecule has 0 unspecified atom stereocenters. The Kier molecular flexibility index (Phi) is 3.31. The zero-order valence-corrected chi connectivity index (χ0v) is 10.2. The topological polar surface area (TPSA) is 59.3 Å². The van der Waals surface area contributed by atoms with E-state index in [9.17, 15) is 9.59 Å². The maximum atomic E-state index is 11.5. The van der Waals surface area contributed by atoms with E-state index in [1.807, 2.05) is 0 Å². The van der Waals surface area contributed by atoms with Crippen molar-refractivity contribution in [1.82, 2.24) is 4.57 Å². The molecule has 0 spiro atoms. The summed E-state index contributed by atoms with van der Waals surface area (Å²) in [6, 6.07) is 6.90. The van der Waals surface area contributed by atoms with Crippen molar-refractivity contribution in [3.05, 3.63) is 44.3 Å². The molecule has 4 nitrogen and oxygen atoms in total. The highest BCUT2D eigenvalue weighted by Crippen LogP contribution is 2.21. The number of carboxylic acids is 1. The number of hydrogen-bond acceptors (Lipinski definition) is 3. The Morgan fingerprint density at radius 1 is 1.35 bits per heavy atom. The van der Waals surface area contributed by atoms with E-state index < -0.39 is 5.97 Å². The molecule has 0 bridgehead atoms. The van der Waals surface area contributed by atoms with Gasteiger partial charge in [0, 0.05) is 10.4 Å². The quantitative estimate of drug-likeness (QED) is 0.930. The molecule has 0 amide bonds. The molecule has 88 valence electrons. The molecule has 0 aliphatic rings. The Labute approximate surface area is 106 Å². The first-order valence-electron chi connectivity index (χ1n) is 4.74. The average molecular weight is 270 g/mol. The van der Waals surface area contributed by atoms with Crippen LogP contribution in [0, 0.1) is 0 Å². The first kappa shape index (κ1) is 11.9. The third-order valence-electron chi connectivity index (χ3n) is 2.22. The van der Waals surface area contributed by atoms with Crippen LogP contribution in [0.4, 0.5) is 0 Å². The summed E-state index contributed by atoms with van der Waals surface area (Å²) in [6.07, 6.45) is 0. The molecule has 2 aromatic rings. The minimum Gasteiger partial charge on any atom is -0.480 e. The van der Waals surface area contributed by atoms with E-state index in [2.05, 4.69) is 0 Å².